The molecule has 0 amide bonds. The van der Waals surface area contributed by atoms with Gasteiger partial charge < -0.3 is 25.1 Å². The predicted octanol–water partition coefficient (Wildman–Crippen LogP) is -0.742. The molecular formula is C11H10BrN5O6. The van der Waals surface area contributed by atoms with Gasteiger partial charge in [0, 0.05) is 0 Å². The maximum Gasteiger partial charge on any atom is 0.509 e. The summed E-state index contributed by atoms with van der Waals surface area (Å²) in [5, 5.41) is 9.39. The summed E-state index contributed by atoms with van der Waals surface area (Å²) >= 11 is 3.23. The molecule has 4 rings (SSSR count). The summed E-state index contributed by atoms with van der Waals surface area (Å²) in [6, 6.07) is 0. The summed E-state index contributed by atoms with van der Waals surface area (Å²) in [6.07, 6.45) is -4.06. The van der Waals surface area contributed by atoms with Crippen LogP contribution in [0.25, 0.3) is 11.2 Å². The van der Waals surface area contributed by atoms with Crippen LogP contribution in [0.15, 0.2) is 9.53 Å². The number of nitrogens with one attached hydrogen (secondary N) is 1. The van der Waals surface area contributed by atoms with E-state index in [4.69, 9.17) is 19.9 Å². The minimum atomic E-state index is -0.878. The Kier molecular flexibility index (Phi) is 3.08. The van der Waals surface area contributed by atoms with Crippen molar-refractivity contribution >= 4 is 39.2 Å². The van der Waals surface area contributed by atoms with Gasteiger partial charge in [0.05, 0.1) is 6.61 Å². The molecule has 11 nitrogen and oxygen atoms in total. The lowest BCUT2D eigenvalue weighted by molar-refractivity contribution is -0.0712. The highest BCUT2D eigenvalue weighted by molar-refractivity contribution is 9.10. The standard InChI is InChI=1S/C11H10BrN5O6/c12-9-14-3-6(15-10(13)16-7(3)19)17(9)8-5-4(2(1-18)21-8)22-11(20)23-5/h2,4-5,8,18H,1H2,(H3,13,15,16,19)/t2-,4-,5-,8-/m1/s1. The monoisotopic (exact) mass is 387 g/mol. The molecular weight excluding hydrogens is 378 g/mol. The Balaban J connectivity index is 1.87. The van der Waals surface area contributed by atoms with Gasteiger partial charge in [-0.2, -0.15) is 4.98 Å². The Morgan fingerprint density at radius 2 is 2.04 bits per heavy atom. The number of anilines is 1. The number of hydrogen-bond acceptors (Lipinski definition) is 9. The van der Waals surface area contributed by atoms with Crippen LogP contribution in [0.4, 0.5) is 10.7 Å². The van der Waals surface area contributed by atoms with Crippen molar-refractivity contribution in [2.45, 2.75) is 24.5 Å². The van der Waals surface area contributed by atoms with Crippen molar-refractivity contribution in [3.8, 4) is 0 Å². The molecule has 0 saturated carbocycles. The smallest absolute Gasteiger partial charge is 0.424 e. The highest BCUT2D eigenvalue weighted by atomic mass is 79.9. The number of hydrogen-bond donors (Lipinski definition) is 3. The highest BCUT2D eigenvalue weighted by Crippen LogP contribution is 2.40. The van der Waals surface area contributed by atoms with E-state index >= 15 is 0 Å². The van der Waals surface area contributed by atoms with Crippen LogP contribution in [0.3, 0.4) is 0 Å². The Bertz CT molecular complexity index is 864. The van der Waals surface area contributed by atoms with E-state index in [0.717, 1.165) is 0 Å². The van der Waals surface area contributed by atoms with Crippen LogP contribution in [0.5, 0.6) is 0 Å². The van der Waals surface area contributed by atoms with E-state index in [0.29, 0.717) is 0 Å². The van der Waals surface area contributed by atoms with Crippen LogP contribution < -0.4 is 11.3 Å². The van der Waals surface area contributed by atoms with Crippen molar-refractivity contribution in [2.75, 3.05) is 12.3 Å². The minimum Gasteiger partial charge on any atom is -0.424 e. The van der Waals surface area contributed by atoms with Crippen molar-refractivity contribution < 1.29 is 24.1 Å². The van der Waals surface area contributed by atoms with Gasteiger partial charge in [0.1, 0.15) is 6.10 Å². The lowest BCUT2D eigenvalue weighted by atomic mass is 10.1. The lowest BCUT2D eigenvalue weighted by Crippen LogP contribution is -2.30. The number of nitrogens with zero attached hydrogens (tertiary/aromatic N) is 3. The SMILES string of the molecule is Nc1nc2c(nc(Br)n2[C@@H]2O[C@H](CO)[C@H]3OC(=O)O[C@H]32)c(=O)[nH]1. The number of carbonyl (C=O) groups excluding carboxylic acids is 1. The van der Waals surface area contributed by atoms with Gasteiger partial charge in [-0.15, -0.1) is 0 Å². The Morgan fingerprint density at radius 3 is 2.78 bits per heavy atom. The number of halogens is 1. The van der Waals surface area contributed by atoms with Gasteiger partial charge in [-0.3, -0.25) is 14.3 Å². The van der Waals surface area contributed by atoms with E-state index in [1.54, 1.807) is 0 Å². The molecule has 12 heteroatoms. The first-order chi connectivity index (χ1) is 11.0. The molecule has 2 aromatic heterocycles. The number of aliphatic hydroxyl groups is 1. The zero-order valence-corrected chi connectivity index (χ0v) is 12.9. The molecule has 4 heterocycles. The highest BCUT2D eigenvalue weighted by Gasteiger charge is 2.55. The zero-order chi connectivity index (χ0) is 16.3. The number of aliphatic hydroxyl groups excluding tert-OH is 1. The number of H-pyrrole nitrogens is 1. The van der Waals surface area contributed by atoms with Gasteiger partial charge in [0.25, 0.3) is 5.56 Å². The van der Waals surface area contributed by atoms with E-state index < -0.39 is 36.3 Å². The average molecular weight is 388 g/mol. The Morgan fingerprint density at radius 1 is 1.30 bits per heavy atom. The Hall–Kier alpha value is -2.18. The van der Waals surface area contributed by atoms with Crippen molar-refractivity contribution in [1.29, 1.82) is 0 Å². The van der Waals surface area contributed by atoms with E-state index in [1.165, 1.54) is 4.57 Å². The number of ether oxygens (including phenoxy) is 3. The van der Waals surface area contributed by atoms with Crippen molar-refractivity contribution in [1.82, 2.24) is 19.5 Å². The molecule has 2 saturated heterocycles. The van der Waals surface area contributed by atoms with Crippen molar-refractivity contribution in [3.05, 3.63) is 15.1 Å². The second-order valence-electron chi connectivity index (χ2n) is 5.04. The molecule has 4 atom stereocenters. The summed E-state index contributed by atoms with van der Waals surface area (Å²) in [7, 11) is 0. The van der Waals surface area contributed by atoms with Gasteiger partial charge in [-0.25, -0.2) is 9.78 Å². The number of nitrogen functional groups attached to an aromatic ring is 1. The van der Waals surface area contributed by atoms with E-state index in [9.17, 15) is 14.7 Å². The maximum absolute atomic E-state index is 11.9. The fraction of sp³-hybridized carbons (Fsp3) is 0.455. The van der Waals surface area contributed by atoms with Crippen LogP contribution in [-0.2, 0) is 14.2 Å². The molecule has 0 radical (unpaired) electrons. The zero-order valence-electron chi connectivity index (χ0n) is 11.3. The molecule has 0 aromatic carbocycles. The fourth-order valence-corrected chi connectivity index (χ4v) is 3.33. The van der Waals surface area contributed by atoms with Crippen LogP contribution in [0.1, 0.15) is 6.23 Å². The molecule has 0 aliphatic carbocycles. The number of imidazole rings is 1. The van der Waals surface area contributed by atoms with Gasteiger partial charge in [0.2, 0.25) is 5.95 Å². The van der Waals surface area contributed by atoms with Gasteiger partial charge in [0.15, 0.2) is 34.3 Å². The van der Waals surface area contributed by atoms with Gasteiger partial charge in [-0.05, 0) is 15.9 Å². The third-order valence-electron chi connectivity index (χ3n) is 3.71. The molecule has 4 N–H and O–H groups in total. The third kappa shape index (κ3) is 2.02. The molecule has 0 spiro atoms. The predicted molar refractivity (Wildman–Crippen MR) is 76.4 cm³/mol. The number of rotatable bonds is 2. The summed E-state index contributed by atoms with van der Waals surface area (Å²) < 4.78 is 17.5. The van der Waals surface area contributed by atoms with Gasteiger partial charge in [-0.1, -0.05) is 0 Å². The topological polar surface area (TPSA) is 155 Å². The van der Waals surface area contributed by atoms with Crippen LogP contribution in [-0.4, -0.2) is 55.7 Å². The number of fused-ring (bicyclic) bond motifs is 2. The van der Waals surface area contributed by atoms with Crippen LogP contribution in [0, 0.1) is 0 Å². The number of aromatic amines is 1. The Labute approximate surface area is 135 Å². The number of nitrogens with two attached hydrogens (primary N) is 1. The molecule has 0 bridgehead atoms. The normalized spacial score (nSPS) is 29.6. The molecule has 2 aromatic rings. The summed E-state index contributed by atoms with van der Waals surface area (Å²) in [4.78, 5) is 33.8. The van der Waals surface area contributed by atoms with E-state index in [1.807, 2.05) is 0 Å². The van der Waals surface area contributed by atoms with E-state index in [2.05, 4.69) is 30.9 Å². The number of aromatic nitrogens is 4. The summed E-state index contributed by atoms with van der Waals surface area (Å²) in [5.74, 6) is -0.0935. The third-order valence-corrected chi connectivity index (χ3v) is 4.27. The molecule has 23 heavy (non-hydrogen) atoms. The quantitative estimate of drug-likeness (QED) is 0.446. The minimum absolute atomic E-state index is 0.0453. The molecule has 0 unspecified atom stereocenters. The van der Waals surface area contributed by atoms with Gasteiger partial charge >= 0.3 is 6.16 Å². The number of carbonyl (C=O) groups is 1. The van der Waals surface area contributed by atoms with Crippen molar-refractivity contribution in [3.63, 3.8) is 0 Å². The largest absolute Gasteiger partial charge is 0.509 e. The first kappa shape index (κ1) is 14.4. The lowest BCUT2D eigenvalue weighted by Gasteiger charge is -2.18. The maximum atomic E-state index is 11.9. The molecule has 2 aliphatic rings. The average Bonchev–Trinajstić information content (AvgIpc) is 3.10. The van der Waals surface area contributed by atoms with Crippen molar-refractivity contribution in [2.24, 2.45) is 0 Å². The molecule has 2 fully saturated rings. The molecule has 122 valence electrons. The second kappa shape index (κ2) is 4.91. The second-order valence-corrected chi connectivity index (χ2v) is 5.75. The first-order valence-corrected chi connectivity index (χ1v) is 7.35. The summed E-state index contributed by atoms with van der Waals surface area (Å²) in [6.45, 7) is -0.366. The first-order valence-electron chi connectivity index (χ1n) is 6.56. The van der Waals surface area contributed by atoms with Crippen LogP contribution >= 0.6 is 15.9 Å². The fourth-order valence-electron chi connectivity index (χ4n) is 2.78. The van der Waals surface area contributed by atoms with E-state index in [-0.39, 0.29) is 28.5 Å². The van der Waals surface area contributed by atoms with Crippen LogP contribution in [0.2, 0.25) is 0 Å². The molecule has 2 aliphatic heterocycles. The summed E-state index contributed by atoms with van der Waals surface area (Å²) in [5.41, 5.74) is 5.26.